The van der Waals surface area contributed by atoms with Gasteiger partial charge >= 0.3 is 5.97 Å². The molecule has 1 aromatic rings. The molecule has 1 aliphatic heterocycles. The van der Waals surface area contributed by atoms with Gasteiger partial charge in [0.05, 0.1) is 12.6 Å². The molecule has 1 aromatic carbocycles. The van der Waals surface area contributed by atoms with Crippen LogP contribution in [0, 0.1) is 6.92 Å². The van der Waals surface area contributed by atoms with Gasteiger partial charge in [-0.3, -0.25) is 4.79 Å². The molecule has 9 heteroatoms. The van der Waals surface area contributed by atoms with Crippen LogP contribution in [0.4, 0.5) is 0 Å². The average molecular weight is 421 g/mol. The van der Waals surface area contributed by atoms with Gasteiger partial charge in [0.2, 0.25) is 11.7 Å². The van der Waals surface area contributed by atoms with Crippen molar-refractivity contribution in [3.8, 4) is 0 Å². The lowest BCUT2D eigenvalue weighted by Gasteiger charge is -2.40. The lowest BCUT2D eigenvalue weighted by atomic mass is 9.87. The first-order chi connectivity index (χ1) is 14.1. The number of allylic oxidation sites excluding steroid dienone is 1. The lowest BCUT2D eigenvalue weighted by Crippen LogP contribution is -2.61. The highest BCUT2D eigenvalue weighted by Gasteiger charge is 2.46. The van der Waals surface area contributed by atoms with Gasteiger partial charge in [-0.15, -0.1) is 0 Å². The number of aliphatic hydroxyl groups excluding tert-OH is 4. The quantitative estimate of drug-likeness (QED) is 0.335. The Hall–Kier alpha value is -2.72. The molecule has 1 unspecified atom stereocenters. The number of ether oxygens (including phenoxy) is 1. The van der Waals surface area contributed by atoms with E-state index >= 15 is 0 Å². The van der Waals surface area contributed by atoms with Crippen LogP contribution >= 0.6 is 0 Å². The molecule has 164 valence electrons. The van der Waals surface area contributed by atoms with Gasteiger partial charge in [0.15, 0.2) is 6.10 Å². The number of benzene rings is 1. The fourth-order valence-corrected chi connectivity index (χ4v) is 3.22. The summed E-state index contributed by atoms with van der Waals surface area (Å²) in [6.45, 7) is 2.32. The number of hydrogen-bond acceptors (Lipinski definition) is 7. The number of aryl methyl sites for hydroxylation is 1. The minimum atomic E-state index is -1.75. The van der Waals surface area contributed by atoms with Crippen molar-refractivity contribution in [1.29, 1.82) is 0 Å². The Morgan fingerprint density at radius 1 is 1.23 bits per heavy atom. The fourth-order valence-electron chi connectivity index (χ4n) is 3.22. The standard InChI is InChI=1S/C21H27NO8/c1-11-6-8-13(9-7-11)4-3-5-14-17(26)16(22-12(2)24)20(18(27)15(25)10-23)30-19(14)21(28)29/h3-4,6-9,15-18,20,23,25-27H,5,10H2,1-2H3,(H,22,24)(H,28,29)/b4-3+/t15-,16-,17+,18?,20-/m1/s1. The summed E-state index contributed by atoms with van der Waals surface area (Å²) < 4.78 is 5.40. The topological polar surface area (TPSA) is 157 Å². The van der Waals surface area contributed by atoms with E-state index in [0.29, 0.717) is 0 Å². The molecule has 5 atom stereocenters. The number of amides is 1. The van der Waals surface area contributed by atoms with Gasteiger partial charge in [-0.25, -0.2) is 4.79 Å². The van der Waals surface area contributed by atoms with Gasteiger partial charge in [0.1, 0.15) is 18.3 Å². The van der Waals surface area contributed by atoms with Crippen molar-refractivity contribution in [1.82, 2.24) is 5.32 Å². The van der Waals surface area contributed by atoms with E-state index in [1.165, 1.54) is 6.92 Å². The molecular formula is C21H27NO8. The summed E-state index contributed by atoms with van der Waals surface area (Å²) in [7, 11) is 0. The summed E-state index contributed by atoms with van der Waals surface area (Å²) in [4.78, 5) is 23.3. The molecule has 0 spiro atoms. The third-order valence-corrected chi connectivity index (χ3v) is 4.80. The molecular weight excluding hydrogens is 394 g/mol. The number of aliphatic carboxylic acids is 1. The number of carbonyl (C=O) groups excluding carboxylic acids is 1. The molecule has 9 nitrogen and oxygen atoms in total. The second-order valence-electron chi connectivity index (χ2n) is 7.17. The summed E-state index contributed by atoms with van der Waals surface area (Å²) in [5, 5.41) is 51.8. The predicted octanol–water partition coefficient (Wildman–Crippen LogP) is -0.284. The van der Waals surface area contributed by atoms with Gasteiger partial charge in [-0.1, -0.05) is 42.0 Å². The second-order valence-corrected chi connectivity index (χ2v) is 7.17. The monoisotopic (exact) mass is 421 g/mol. The van der Waals surface area contributed by atoms with Crippen LogP contribution in [0.25, 0.3) is 6.08 Å². The number of carboxylic acid groups (broad SMARTS) is 1. The summed E-state index contributed by atoms with van der Waals surface area (Å²) in [5.74, 6) is -2.59. The summed E-state index contributed by atoms with van der Waals surface area (Å²) in [5.41, 5.74) is 1.97. The van der Waals surface area contributed by atoms with E-state index in [4.69, 9.17) is 9.84 Å². The molecule has 6 N–H and O–H groups in total. The molecule has 1 amide bonds. The maximum Gasteiger partial charge on any atom is 0.371 e. The Morgan fingerprint density at radius 3 is 2.40 bits per heavy atom. The highest BCUT2D eigenvalue weighted by atomic mass is 16.5. The molecule has 0 fully saturated rings. The molecule has 0 saturated carbocycles. The first-order valence-corrected chi connectivity index (χ1v) is 9.44. The third kappa shape index (κ3) is 5.67. The van der Waals surface area contributed by atoms with Crippen LogP contribution < -0.4 is 5.32 Å². The van der Waals surface area contributed by atoms with Gasteiger partial charge in [0.25, 0.3) is 0 Å². The number of hydrogen-bond donors (Lipinski definition) is 6. The first kappa shape index (κ1) is 23.6. The molecule has 0 aliphatic carbocycles. The van der Waals surface area contributed by atoms with Crippen LogP contribution in [-0.4, -0.2) is 74.5 Å². The minimum Gasteiger partial charge on any atom is -0.478 e. The zero-order valence-electron chi connectivity index (χ0n) is 16.7. The van der Waals surface area contributed by atoms with Crippen LogP contribution in [0.2, 0.25) is 0 Å². The summed E-state index contributed by atoms with van der Waals surface area (Å²) in [6, 6.07) is 6.38. The van der Waals surface area contributed by atoms with E-state index < -0.39 is 54.7 Å². The van der Waals surface area contributed by atoms with E-state index in [2.05, 4.69) is 5.32 Å². The van der Waals surface area contributed by atoms with Crippen LogP contribution in [-0.2, 0) is 14.3 Å². The summed E-state index contributed by atoms with van der Waals surface area (Å²) >= 11 is 0. The van der Waals surface area contributed by atoms with Gasteiger partial charge < -0.3 is 35.6 Å². The average Bonchev–Trinajstić information content (AvgIpc) is 2.70. The summed E-state index contributed by atoms with van der Waals surface area (Å²) in [6.07, 6.45) is -2.97. The normalized spacial score (nSPS) is 23.7. The third-order valence-electron chi connectivity index (χ3n) is 4.80. The number of nitrogens with one attached hydrogen (secondary N) is 1. The van der Waals surface area contributed by atoms with E-state index in [-0.39, 0.29) is 12.0 Å². The molecule has 0 aromatic heterocycles. The zero-order valence-corrected chi connectivity index (χ0v) is 16.7. The Morgan fingerprint density at radius 2 is 1.87 bits per heavy atom. The van der Waals surface area contributed by atoms with Gasteiger partial charge in [-0.2, -0.15) is 0 Å². The van der Waals surface area contributed by atoms with Crippen molar-refractivity contribution >= 4 is 18.0 Å². The van der Waals surface area contributed by atoms with Crippen LogP contribution in [0.5, 0.6) is 0 Å². The molecule has 0 saturated heterocycles. The van der Waals surface area contributed by atoms with E-state index in [0.717, 1.165) is 11.1 Å². The Balaban J connectivity index is 2.35. The second kappa shape index (κ2) is 10.4. The van der Waals surface area contributed by atoms with Crippen molar-refractivity contribution in [2.75, 3.05) is 6.61 Å². The Bertz CT molecular complexity index is 817. The SMILES string of the molecule is CC(=O)N[C@@H]1[C@@H](O)C(C/C=C/c2ccc(C)cc2)=C(C(=O)O)O[C@H]1C(O)[C@H](O)CO. The number of carbonyl (C=O) groups is 2. The fraction of sp³-hybridized carbons (Fsp3) is 0.429. The highest BCUT2D eigenvalue weighted by molar-refractivity contribution is 5.86. The van der Waals surface area contributed by atoms with Crippen molar-refractivity contribution in [2.45, 2.75) is 50.7 Å². The lowest BCUT2D eigenvalue weighted by molar-refractivity contribution is -0.150. The number of carboxylic acids is 1. The Labute approximate surface area is 173 Å². The van der Waals surface area contributed by atoms with Crippen molar-refractivity contribution in [3.05, 3.63) is 52.8 Å². The van der Waals surface area contributed by atoms with Crippen LogP contribution in [0.3, 0.4) is 0 Å². The van der Waals surface area contributed by atoms with E-state index in [1.807, 2.05) is 31.2 Å². The maximum atomic E-state index is 11.7. The van der Waals surface area contributed by atoms with Gasteiger partial charge in [-0.05, 0) is 18.9 Å². The maximum absolute atomic E-state index is 11.7. The minimum absolute atomic E-state index is 0.00606. The van der Waals surface area contributed by atoms with E-state index in [1.54, 1.807) is 12.2 Å². The van der Waals surface area contributed by atoms with Gasteiger partial charge in [0, 0.05) is 12.5 Å². The Kier molecular flexibility index (Phi) is 8.13. The smallest absolute Gasteiger partial charge is 0.371 e. The number of aliphatic hydroxyl groups is 4. The molecule has 1 heterocycles. The van der Waals surface area contributed by atoms with Crippen molar-refractivity contribution in [3.63, 3.8) is 0 Å². The highest BCUT2D eigenvalue weighted by Crippen LogP contribution is 2.30. The first-order valence-electron chi connectivity index (χ1n) is 9.44. The van der Waals surface area contributed by atoms with Crippen LogP contribution in [0.1, 0.15) is 24.5 Å². The predicted molar refractivity (Wildman–Crippen MR) is 107 cm³/mol. The molecule has 30 heavy (non-hydrogen) atoms. The molecule has 2 rings (SSSR count). The molecule has 0 bridgehead atoms. The van der Waals surface area contributed by atoms with Crippen molar-refractivity contribution < 1.29 is 39.9 Å². The van der Waals surface area contributed by atoms with Crippen LogP contribution in [0.15, 0.2) is 41.7 Å². The number of rotatable bonds is 8. The van der Waals surface area contributed by atoms with E-state index in [9.17, 15) is 30.0 Å². The largest absolute Gasteiger partial charge is 0.478 e. The molecule has 0 radical (unpaired) electrons. The molecule has 1 aliphatic rings. The van der Waals surface area contributed by atoms with Crippen molar-refractivity contribution in [2.24, 2.45) is 0 Å². The zero-order chi connectivity index (χ0) is 22.4.